The zero-order valence-electron chi connectivity index (χ0n) is 11.8. The fraction of sp³-hybridized carbons (Fsp3) is 0.692. The van der Waals surface area contributed by atoms with Crippen molar-refractivity contribution in [1.82, 2.24) is 9.97 Å². The lowest BCUT2D eigenvalue weighted by Crippen LogP contribution is -2.11. The Morgan fingerprint density at radius 3 is 2.68 bits per heavy atom. The number of aromatic nitrogens is 2. The van der Waals surface area contributed by atoms with E-state index in [1.807, 2.05) is 11.8 Å². The molecule has 0 saturated carbocycles. The van der Waals surface area contributed by atoms with E-state index in [1.165, 1.54) is 6.42 Å². The summed E-state index contributed by atoms with van der Waals surface area (Å²) in [7, 11) is 1.70. The molecule has 1 aromatic heterocycles. The van der Waals surface area contributed by atoms with Gasteiger partial charge in [-0.15, -0.1) is 0 Å². The van der Waals surface area contributed by atoms with Crippen molar-refractivity contribution in [2.75, 3.05) is 24.7 Å². The summed E-state index contributed by atoms with van der Waals surface area (Å²) in [5, 5.41) is 3.37. The SMILES string of the molecule is CCCNc1nc(CSCCC)nc(COC)c1I. The second-order valence-electron chi connectivity index (χ2n) is 4.16. The maximum Gasteiger partial charge on any atom is 0.143 e. The van der Waals surface area contributed by atoms with E-state index >= 15 is 0 Å². The van der Waals surface area contributed by atoms with Crippen molar-refractivity contribution in [3.05, 3.63) is 15.1 Å². The molecule has 0 aliphatic carbocycles. The molecule has 1 rings (SSSR count). The lowest BCUT2D eigenvalue weighted by Gasteiger charge is -2.12. The molecule has 6 heteroatoms. The van der Waals surface area contributed by atoms with Crippen molar-refractivity contribution in [3.63, 3.8) is 0 Å². The van der Waals surface area contributed by atoms with Crippen molar-refractivity contribution >= 4 is 40.2 Å². The van der Waals surface area contributed by atoms with Crippen LogP contribution in [0.5, 0.6) is 0 Å². The number of nitrogens with zero attached hydrogens (tertiary/aromatic N) is 2. The van der Waals surface area contributed by atoms with Crippen LogP contribution in [0.25, 0.3) is 0 Å². The molecule has 0 saturated heterocycles. The first-order chi connectivity index (χ1) is 9.22. The molecular weight excluding hydrogens is 373 g/mol. The third-order valence-corrected chi connectivity index (χ3v) is 4.66. The smallest absolute Gasteiger partial charge is 0.143 e. The highest BCUT2D eigenvalue weighted by molar-refractivity contribution is 14.1. The quantitative estimate of drug-likeness (QED) is 0.511. The first-order valence-corrected chi connectivity index (χ1v) is 8.82. The Hall–Kier alpha value is -0.0800. The first kappa shape index (κ1) is 17.0. The number of halogens is 1. The summed E-state index contributed by atoms with van der Waals surface area (Å²) in [4.78, 5) is 9.22. The van der Waals surface area contributed by atoms with Crippen molar-refractivity contribution in [2.24, 2.45) is 0 Å². The molecule has 0 spiro atoms. The molecule has 0 radical (unpaired) electrons. The van der Waals surface area contributed by atoms with Gasteiger partial charge in [0.2, 0.25) is 0 Å². The van der Waals surface area contributed by atoms with Gasteiger partial charge in [0.05, 0.1) is 21.6 Å². The third-order valence-electron chi connectivity index (χ3n) is 2.37. The summed E-state index contributed by atoms with van der Waals surface area (Å²) < 4.78 is 6.29. The van der Waals surface area contributed by atoms with Crippen LogP contribution >= 0.6 is 34.4 Å². The molecule has 0 unspecified atom stereocenters. The Balaban J connectivity index is 2.87. The van der Waals surface area contributed by atoms with Crippen LogP contribution < -0.4 is 5.32 Å². The van der Waals surface area contributed by atoms with Crippen LogP contribution in [-0.2, 0) is 17.1 Å². The fourth-order valence-electron chi connectivity index (χ4n) is 1.51. The molecule has 108 valence electrons. The normalized spacial score (nSPS) is 10.7. The number of hydrogen-bond donors (Lipinski definition) is 1. The molecule has 0 fully saturated rings. The Morgan fingerprint density at radius 1 is 1.26 bits per heavy atom. The molecule has 0 aromatic carbocycles. The van der Waals surface area contributed by atoms with Gasteiger partial charge in [0.15, 0.2) is 0 Å². The molecule has 19 heavy (non-hydrogen) atoms. The summed E-state index contributed by atoms with van der Waals surface area (Å²) in [6.07, 6.45) is 2.26. The minimum atomic E-state index is 0.535. The Bertz CT molecular complexity index is 390. The van der Waals surface area contributed by atoms with E-state index in [9.17, 15) is 0 Å². The Kier molecular flexibility index (Phi) is 8.72. The van der Waals surface area contributed by atoms with Gasteiger partial charge in [-0.05, 0) is 41.2 Å². The first-order valence-electron chi connectivity index (χ1n) is 6.58. The maximum atomic E-state index is 5.22. The molecule has 0 aliphatic rings. The summed E-state index contributed by atoms with van der Waals surface area (Å²) >= 11 is 4.17. The number of anilines is 1. The van der Waals surface area contributed by atoms with Gasteiger partial charge in [-0.1, -0.05) is 13.8 Å². The van der Waals surface area contributed by atoms with Gasteiger partial charge < -0.3 is 10.1 Å². The van der Waals surface area contributed by atoms with Gasteiger partial charge >= 0.3 is 0 Å². The lowest BCUT2D eigenvalue weighted by molar-refractivity contribution is 0.180. The van der Waals surface area contributed by atoms with Crippen molar-refractivity contribution in [3.8, 4) is 0 Å². The fourth-order valence-corrected chi connectivity index (χ4v) is 2.84. The number of rotatable bonds is 9. The molecule has 1 heterocycles. The molecule has 1 aromatic rings. The van der Waals surface area contributed by atoms with Gasteiger partial charge in [0, 0.05) is 13.7 Å². The number of methoxy groups -OCH3 is 1. The highest BCUT2D eigenvalue weighted by Crippen LogP contribution is 2.22. The van der Waals surface area contributed by atoms with Gasteiger partial charge in [-0.25, -0.2) is 9.97 Å². The summed E-state index contributed by atoms with van der Waals surface area (Å²) in [5.74, 6) is 3.84. The Morgan fingerprint density at radius 2 is 2.05 bits per heavy atom. The zero-order valence-corrected chi connectivity index (χ0v) is 14.8. The average Bonchev–Trinajstić information content (AvgIpc) is 2.41. The molecular formula is C13H22IN3OS. The van der Waals surface area contributed by atoms with Crippen LogP contribution in [0, 0.1) is 3.57 Å². The second kappa shape index (κ2) is 9.77. The summed E-state index contributed by atoms with van der Waals surface area (Å²) in [6, 6.07) is 0. The number of ether oxygens (including phenoxy) is 1. The molecule has 4 nitrogen and oxygen atoms in total. The summed E-state index contributed by atoms with van der Waals surface area (Å²) in [6.45, 7) is 5.80. The van der Waals surface area contributed by atoms with Crippen LogP contribution in [0.1, 0.15) is 38.2 Å². The number of thioether (sulfide) groups is 1. The highest BCUT2D eigenvalue weighted by Gasteiger charge is 2.11. The van der Waals surface area contributed by atoms with E-state index < -0.39 is 0 Å². The van der Waals surface area contributed by atoms with Gasteiger partial charge in [0.25, 0.3) is 0 Å². The zero-order chi connectivity index (χ0) is 14.1. The molecule has 0 atom stereocenters. The van der Waals surface area contributed by atoms with E-state index in [2.05, 4.69) is 51.7 Å². The van der Waals surface area contributed by atoms with Crippen LogP contribution in [0.15, 0.2) is 0 Å². The lowest BCUT2D eigenvalue weighted by atomic mass is 10.3. The van der Waals surface area contributed by atoms with Crippen LogP contribution in [0.2, 0.25) is 0 Å². The van der Waals surface area contributed by atoms with E-state index in [0.29, 0.717) is 6.61 Å². The predicted molar refractivity (Wildman–Crippen MR) is 90.7 cm³/mol. The number of nitrogens with one attached hydrogen (secondary N) is 1. The average molecular weight is 395 g/mol. The molecule has 0 amide bonds. The second-order valence-corrected chi connectivity index (χ2v) is 6.35. The highest BCUT2D eigenvalue weighted by atomic mass is 127. The van der Waals surface area contributed by atoms with Crippen LogP contribution in [0.3, 0.4) is 0 Å². The van der Waals surface area contributed by atoms with E-state index in [4.69, 9.17) is 4.74 Å². The number of hydrogen-bond acceptors (Lipinski definition) is 5. The minimum absolute atomic E-state index is 0.535. The van der Waals surface area contributed by atoms with Gasteiger partial charge in [-0.3, -0.25) is 0 Å². The minimum Gasteiger partial charge on any atom is -0.378 e. The van der Waals surface area contributed by atoms with E-state index in [1.54, 1.807) is 7.11 Å². The Labute approximate surface area is 133 Å². The van der Waals surface area contributed by atoms with Gasteiger partial charge in [-0.2, -0.15) is 11.8 Å². The molecule has 0 bridgehead atoms. The third kappa shape index (κ3) is 5.83. The topological polar surface area (TPSA) is 47.0 Å². The monoisotopic (exact) mass is 395 g/mol. The largest absolute Gasteiger partial charge is 0.378 e. The standard InChI is InChI=1S/C13H22IN3OS/c1-4-6-15-13-12(14)10(8-18-3)16-11(17-13)9-19-7-5-2/h4-9H2,1-3H3,(H,15,16,17). The van der Waals surface area contributed by atoms with Gasteiger partial charge in [0.1, 0.15) is 11.6 Å². The van der Waals surface area contributed by atoms with Crippen molar-refractivity contribution < 1.29 is 4.74 Å². The van der Waals surface area contributed by atoms with Crippen LogP contribution in [-0.4, -0.2) is 29.4 Å². The maximum absolute atomic E-state index is 5.22. The van der Waals surface area contributed by atoms with Crippen molar-refractivity contribution in [1.29, 1.82) is 0 Å². The van der Waals surface area contributed by atoms with Crippen LogP contribution in [0.4, 0.5) is 5.82 Å². The molecule has 1 N–H and O–H groups in total. The predicted octanol–water partition coefficient (Wildman–Crippen LogP) is 3.69. The van der Waals surface area contributed by atoms with E-state index in [0.717, 1.165) is 45.4 Å². The van der Waals surface area contributed by atoms with Crippen molar-refractivity contribution in [2.45, 2.75) is 39.0 Å². The summed E-state index contributed by atoms with van der Waals surface area (Å²) in [5.41, 5.74) is 0.976. The van der Waals surface area contributed by atoms with E-state index in [-0.39, 0.29) is 0 Å². The molecule has 0 aliphatic heterocycles.